The van der Waals surface area contributed by atoms with Crippen molar-refractivity contribution < 1.29 is 18.6 Å². The van der Waals surface area contributed by atoms with Gasteiger partial charge >= 0.3 is 0 Å². The van der Waals surface area contributed by atoms with Crippen LogP contribution < -0.4 is 0 Å². The van der Waals surface area contributed by atoms with E-state index < -0.39 is 5.97 Å². The Morgan fingerprint density at radius 2 is 1.64 bits per heavy atom. The van der Waals surface area contributed by atoms with Crippen LogP contribution in [0.3, 0.4) is 0 Å². The molecule has 0 amide bonds. The number of ether oxygens (including phenoxy) is 3. The number of benzene rings is 1. The fourth-order valence-corrected chi connectivity index (χ4v) is 3.27. The van der Waals surface area contributed by atoms with Crippen LogP contribution in [-0.4, -0.2) is 26.3 Å². The van der Waals surface area contributed by atoms with E-state index in [1.165, 1.54) is 31.7 Å². The largest absolute Gasteiger partial charge is 0.330 e. The van der Waals surface area contributed by atoms with Crippen LogP contribution in [0.2, 0.25) is 0 Å². The minimum atomic E-state index is -1.20. The van der Waals surface area contributed by atoms with Crippen molar-refractivity contribution in [3.8, 4) is 0 Å². The van der Waals surface area contributed by atoms with Crippen molar-refractivity contribution >= 4 is 0 Å². The van der Waals surface area contributed by atoms with Crippen LogP contribution in [0.1, 0.15) is 77.2 Å². The first-order valence-electron chi connectivity index (χ1n) is 9.52. The van der Waals surface area contributed by atoms with Crippen LogP contribution in [0.15, 0.2) is 24.3 Å². The first-order chi connectivity index (χ1) is 12.0. The summed E-state index contributed by atoms with van der Waals surface area (Å²) < 4.78 is 31.2. The fraction of sp³-hybridized carbons (Fsp3) is 0.714. The first kappa shape index (κ1) is 22.1. The molecule has 0 heterocycles. The van der Waals surface area contributed by atoms with Crippen LogP contribution in [0.4, 0.5) is 4.39 Å². The minimum absolute atomic E-state index is 0.0690. The highest BCUT2D eigenvalue weighted by molar-refractivity contribution is 5.22. The molecule has 0 bridgehead atoms. The zero-order valence-corrected chi connectivity index (χ0v) is 16.5. The van der Waals surface area contributed by atoms with Gasteiger partial charge < -0.3 is 14.2 Å². The Hall–Kier alpha value is -0.970. The molecule has 0 fully saturated rings. The summed E-state index contributed by atoms with van der Waals surface area (Å²) in [6.07, 6.45) is 7.95. The summed E-state index contributed by atoms with van der Waals surface area (Å²) >= 11 is 0. The van der Waals surface area contributed by atoms with Crippen molar-refractivity contribution in [2.24, 2.45) is 0 Å². The SMILES string of the molecule is CCCCCCCCC(c1cccc(F)c1)C(OC)(OC)OC(C)C. The van der Waals surface area contributed by atoms with Crippen molar-refractivity contribution in [3.63, 3.8) is 0 Å². The van der Waals surface area contributed by atoms with E-state index in [1.54, 1.807) is 26.4 Å². The molecule has 1 aromatic carbocycles. The number of hydrogen-bond acceptors (Lipinski definition) is 3. The van der Waals surface area contributed by atoms with Gasteiger partial charge in [-0.1, -0.05) is 57.6 Å². The van der Waals surface area contributed by atoms with E-state index >= 15 is 0 Å². The van der Waals surface area contributed by atoms with Gasteiger partial charge in [0.2, 0.25) is 0 Å². The molecule has 0 spiro atoms. The highest BCUT2D eigenvalue weighted by atomic mass is 19.1. The monoisotopic (exact) mass is 354 g/mol. The number of halogens is 1. The molecule has 144 valence electrons. The van der Waals surface area contributed by atoms with Crippen LogP contribution in [-0.2, 0) is 14.2 Å². The Balaban J connectivity index is 2.93. The van der Waals surface area contributed by atoms with E-state index in [9.17, 15) is 4.39 Å². The van der Waals surface area contributed by atoms with E-state index in [4.69, 9.17) is 14.2 Å². The molecular weight excluding hydrogens is 319 g/mol. The average Bonchev–Trinajstić information content (AvgIpc) is 2.59. The smallest absolute Gasteiger partial charge is 0.289 e. The molecule has 0 aliphatic rings. The first-order valence-corrected chi connectivity index (χ1v) is 9.52. The molecule has 0 saturated heterocycles. The number of hydrogen-bond donors (Lipinski definition) is 0. The summed E-state index contributed by atoms with van der Waals surface area (Å²) in [5, 5.41) is 0. The molecule has 1 unspecified atom stereocenters. The van der Waals surface area contributed by atoms with Gasteiger partial charge in [0.15, 0.2) is 0 Å². The molecule has 0 aromatic heterocycles. The molecule has 0 saturated carbocycles. The lowest BCUT2D eigenvalue weighted by Crippen LogP contribution is -2.45. The molecule has 0 radical (unpaired) electrons. The van der Waals surface area contributed by atoms with Gasteiger partial charge in [-0.2, -0.15) is 0 Å². The third-order valence-electron chi connectivity index (χ3n) is 4.49. The Kier molecular flexibility index (Phi) is 10.2. The molecule has 1 rings (SSSR count). The maximum atomic E-state index is 13.8. The summed E-state index contributed by atoms with van der Waals surface area (Å²) in [7, 11) is 3.17. The Bertz CT molecular complexity index is 472. The molecule has 4 heteroatoms. The lowest BCUT2D eigenvalue weighted by Gasteiger charge is -2.39. The number of methoxy groups -OCH3 is 2. The topological polar surface area (TPSA) is 27.7 Å². The van der Waals surface area contributed by atoms with Crippen LogP contribution in [0, 0.1) is 5.82 Å². The maximum absolute atomic E-state index is 13.8. The molecule has 3 nitrogen and oxygen atoms in total. The molecule has 0 N–H and O–H groups in total. The van der Waals surface area contributed by atoms with E-state index in [1.807, 2.05) is 19.9 Å². The van der Waals surface area contributed by atoms with Crippen molar-refractivity contribution in [1.29, 1.82) is 0 Å². The molecule has 1 aromatic rings. The van der Waals surface area contributed by atoms with Crippen molar-refractivity contribution in [3.05, 3.63) is 35.6 Å². The standard InChI is InChI=1S/C21H35FO3/c1-6-7-8-9-10-11-15-20(18-13-12-14-19(22)16-18)21(23-4,24-5)25-17(2)3/h12-14,16-17,20H,6-11,15H2,1-5H3. The molecule has 0 aliphatic heterocycles. The van der Waals surface area contributed by atoms with Crippen molar-refractivity contribution in [2.75, 3.05) is 14.2 Å². The fourth-order valence-electron chi connectivity index (χ4n) is 3.27. The second-order valence-corrected chi connectivity index (χ2v) is 6.84. The summed E-state index contributed by atoms with van der Waals surface area (Å²) in [6.45, 7) is 6.11. The number of unbranched alkanes of at least 4 members (excludes halogenated alkanes) is 5. The molecule has 25 heavy (non-hydrogen) atoms. The van der Waals surface area contributed by atoms with Gasteiger partial charge in [0.05, 0.1) is 12.0 Å². The summed E-state index contributed by atoms with van der Waals surface area (Å²) in [6, 6.07) is 6.65. The van der Waals surface area contributed by atoms with Crippen molar-refractivity contribution in [1.82, 2.24) is 0 Å². The van der Waals surface area contributed by atoms with Gasteiger partial charge in [0.1, 0.15) is 5.82 Å². The minimum Gasteiger partial charge on any atom is -0.330 e. The normalized spacial score (nSPS) is 13.4. The van der Waals surface area contributed by atoms with Crippen LogP contribution in [0.5, 0.6) is 0 Å². The summed E-state index contributed by atoms with van der Waals surface area (Å²) in [5.41, 5.74) is 0.845. The summed E-state index contributed by atoms with van der Waals surface area (Å²) in [5.74, 6) is -1.64. The highest BCUT2D eigenvalue weighted by Gasteiger charge is 2.42. The predicted molar refractivity (Wildman–Crippen MR) is 100 cm³/mol. The Labute approximate surface area is 152 Å². The van der Waals surface area contributed by atoms with Gasteiger partial charge in [0.25, 0.3) is 5.97 Å². The second-order valence-electron chi connectivity index (χ2n) is 6.84. The molecular formula is C21H35FO3. The highest BCUT2D eigenvalue weighted by Crippen LogP contribution is 2.38. The van der Waals surface area contributed by atoms with E-state index in [0.29, 0.717) is 0 Å². The van der Waals surface area contributed by atoms with Crippen LogP contribution in [0.25, 0.3) is 0 Å². The van der Waals surface area contributed by atoms with Gasteiger partial charge in [-0.3, -0.25) is 0 Å². The third-order valence-corrected chi connectivity index (χ3v) is 4.49. The van der Waals surface area contributed by atoms with Crippen molar-refractivity contribution in [2.45, 2.75) is 83.7 Å². The predicted octanol–water partition coefficient (Wildman–Crippen LogP) is 6.03. The third kappa shape index (κ3) is 7.04. The zero-order valence-electron chi connectivity index (χ0n) is 16.5. The van der Waals surface area contributed by atoms with Gasteiger partial charge in [-0.05, 0) is 38.0 Å². The quantitative estimate of drug-likeness (QED) is 0.320. The van der Waals surface area contributed by atoms with E-state index in [2.05, 4.69) is 6.92 Å². The van der Waals surface area contributed by atoms with Gasteiger partial charge in [-0.25, -0.2) is 4.39 Å². The van der Waals surface area contributed by atoms with Gasteiger partial charge in [-0.15, -0.1) is 0 Å². The maximum Gasteiger partial charge on any atom is 0.289 e. The van der Waals surface area contributed by atoms with Gasteiger partial charge in [0, 0.05) is 14.2 Å². The lowest BCUT2D eigenvalue weighted by atomic mass is 9.90. The number of rotatable bonds is 13. The Morgan fingerprint density at radius 3 is 2.20 bits per heavy atom. The van der Waals surface area contributed by atoms with E-state index in [-0.39, 0.29) is 17.8 Å². The second kappa shape index (κ2) is 11.6. The zero-order chi connectivity index (χ0) is 18.7. The van der Waals surface area contributed by atoms with Crippen LogP contribution >= 0.6 is 0 Å². The molecule has 1 atom stereocenters. The Morgan fingerprint density at radius 1 is 1.00 bits per heavy atom. The van der Waals surface area contributed by atoms with E-state index in [0.717, 1.165) is 24.8 Å². The summed E-state index contributed by atoms with van der Waals surface area (Å²) in [4.78, 5) is 0. The average molecular weight is 355 g/mol. The molecule has 0 aliphatic carbocycles. The lowest BCUT2D eigenvalue weighted by molar-refractivity contribution is -0.385.